The predicted molar refractivity (Wildman–Crippen MR) is 96.7 cm³/mol. The minimum atomic E-state index is -3.23. The standard InChI is InChI=1S/C16H14N4O2S2/c1-20-13-6-4-3-5-11(13)17-15(20)19-16-18-12-8-7-10(24(2,21)22)9-14(12)23-16/h3-9H,1-2H3,(H,17,18,19). The monoisotopic (exact) mass is 358 g/mol. The van der Waals surface area contributed by atoms with Crippen molar-refractivity contribution in [3.8, 4) is 0 Å². The van der Waals surface area contributed by atoms with E-state index < -0.39 is 9.84 Å². The molecule has 2 heterocycles. The SMILES string of the molecule is Cn1c(Nc2nc3ccc(S(C)(=O)=O)cc3s2)nc2ccccc21. The van der Waals surface area contributed by atoms with Gasteiger partial charge < -0.3 is 9.88 Å². The third-order valence-electron chi connectivity index (χ3n) is 3.79. The zero-order valence-electron chi connectivity index (χ0n) is 13.0. The van der Waals surface area contributed by atoms with Gasteiger partial charge in [-0.05, 0) is 30.3 Å². The largest absolute Gasteiger partial charge is 0.313 e. The summed E-state index contributed by atoms with van der Waals surface area (Å²) in [5.41, 5.74) is 2.69. The molecule has 1 N–H and O–H groups in total. The second-order valence-electron chi connectivity index (χ2n) is 5.53. The Morgan fingerprint density at radius 2 is 1.88 bits per heavy atom. The van der Waals surface area contributed by atoms with Gasteiger partial charge in [-0.1, -0.05) is 23.5 Å². The summed E-state index contributed by atoms with van der Waals surface area (Å²) in [7, 11) is -1.29. The van der Waals surface area contributed by atoms with Crippen molar-refractivity contribution in [1.29, 1.82) is 0 Å². The number of rotatable bonds is 3. The Balaban J connectivity index is 1.75. The fourth-order valence-corrected chi connectivity index (χ4v) is 4.16. The van der Waals surface area contributed by atoms with E-state index >= 15 is 0 Å². The number of hydrogen-bond donors (Lipinski definition) is 1. The van der Waals surface area contributed by atoms with E-state index in [-0.39, 0.29) is 0 Å². The molecule has 0 amide bonds. The Kier molecular flexibility index (Phi) is 3.33. The topological polar surface area (TPSA) is 76.9 Å². The van der Waals surface area contributed by atoms with Crippen LogP contribution in [0, 0.1) is 0 Å². The molecule has 0 saturated heterocycles. The van der Waals surface area contributed by atoms with Gasteiger partial charge in [-0.3, -0.25) is 0 Å². The zero-order valence-corrected chi connectivity index (χ0v) is 14.6. The third-order valence-corrected chi connectivity index (χ3v) is 5.84. The Morgan fingerprint density at radius 1 is 1.08 bits per heavy atom. The van der Waals surface area contributed by atoms with Gasteiger partial charge in [0.1, 0.15) is 0 Å². The Bertz CT molecular complexity index is 1180. The van der Waals surface area contributed by atoms with Crippen LogP contribution in [0.2, 0.25) is 0 Å². The fraction of sp³-hybridized carbons (Fsp3) is 0.125. The van der Waals surface area contributed by atoms with Crippen LogP contribution in [0.3, 0.4) is 0 Å². The summed E-state index contributed by atoms with van der Waals surface area (Å²) in [6.07, 6.45) is 1.20. The molecular weight excluding hydrogens is 344 g/mol. The summed E-state index contributed by atoms with van der Waals surface area (Å²) < 4.78 is 26.1. The van der Waals surface area contributed by atoms with Gasteiger partial charge in [0, 0.05) is 13.3 Å². The van der Waals surface area contributed by atoms with Crippen LogP contribution < -0.4 is 5.32 Å². The van der Waals surface area contributed by atoms with Crippen LogP contribution in [0.15, 0.2) is 47.4 Å². The molecule has 0 fully saturated rings. The van der Waals surface area contributed by atoms with Crippen LogP contribution in [-0.2, 0) is 16.9 Å². The van der Waals surface area contributed by atoms with Gasteiger partial charge in [0.15, 0.2) is 15.0 Å². The lowest BCUT2D eigenvalue weighted by molar-refractivity contribution is 0.602. The van der Waals surface area contributed by atoms with Crippen LogP contribution in [0.5, 0.6) is 0 Å². The van der Waals surface area contributed by atoms with E-state index in [1.807, 2.05) is 35.9 Å². The number of sulfone groups is 1. The maximum absolute atomic E-state index is 11.7. The first kappa shape index (κ1) is 15.1. The Labute approximate surface area is 142 Å². The van der Waals surface area contributed by atoms with Gasteiger partial charge in [-0.25, -0.2) is 18.4 Å². The molecule has 4 aromatic rings. The molecule has 122 valence electrons. The van der Waals surface area contributed by atoms with Gasteiger partial charge in [-0.2, -0.15) is 0 Å². The Morgan fingerprint density at radius 3 is 2.62 bits per heavy atom. The average molecular weight is 358 g/mol. The average Bonchev–Trinajstić information content (AvgIpc) is 3.07. The van der Waals surface area contributed by atoms with Crippen molar-refractivity contribution in [3.63, 3.8) is 0 Å². The summed E-state index contributed by atoms with van der Waals surface area (Å²) in [5, 5.41) is 3.89. The molecule has 0 bridgehead atoms. The van der Waals surface area contributed by atoms with Crippen molar-refractivity contribution in [3.05, 3.63) is 42.5 Å². The quantitative estimate of drug-likeness (QED) is 0.608. The number of benzene rings is 2. The lowest BCUT2D eigenvalue weighted by Gasteiger charge is -2.01. The van der Waals surface area contributed by atoms with E-state index in [2.05, 4.69) is 15.3 Å². The van der Waals surface area contributed by atoms with E-state index in [0.717, 1.165) is 21.3 Å². The van der Waals surface area contributed by atoms with E-state index in [0.29, 0.717) is 16.0 Å². The molecule has 0 aliphatic rings. The lowest BCUT2D eigenvalue weighted by Crippen LogP contribution is -1.98. The smallest absolute Gasteiger partial charge is 0.209 e. The summed E-state index contributed by atoms with van der Waals surface area (Å²) in [4.78, 5) is 9.36. The number of anilines is 2. The molecule has 0 spiro atoms. The summed E-state index contributed by atoms with van der Waals surface area (Å²) in [5.74, 6) is 0.693. The lowest BCUT2D eigenvalue weighted by atomic mass is 10.3. The van der Waals surface area contributed by atoms with Crippen LogP contribution in [-0.4, -0.2) is 29.2 Å². The molecule has 8 heteroatoms. The minimum absolute atomic E-state index is 0.299. The van der Waals surface area contributed by atoms with Gasteiger partial charge in [0.25, 0.3) is 0 Å². The molecule has 0 unspecified atom stereocenters. The van der Waals surface area contributed by atoms with Crippen LogP contribution >= 0.6 is 11.3 Å². The third kappa shape index (κ3) is 2.53. The van der Waals surface area contributed by atoms with Crippen molar-refractivity contribution >= 4 is 53.5 Å². The van der Waals surface area contributed by atoms with E-state index in [9.17, 15) is 8.42 Å². The molecule has 0 aliphatic heterocycles. The number of aryl methyl sites for hydroxylation is 1. The summed E-state index contributed by atoms with van der Waals surface area (Å²) >= 11 is 1.40. The number of hydrogen-bond acceptors (Lipinski definition) is 6. The summed E-state index contributed by atoms with van der Waals surface area (Å²) in [6, 6.07) is 12.8. The maximum atomic E-state index is 11.7. The second-order valence-corrected chi connectivity index (χ2v) is 8.58. The number of thiazole rings is 1. The molecule has 0 saturated carbocycles. The number of imidazole rings is 1. The second kappa shape index (κ2) is 5.29. The highest BCUT2D eigenvalue weighted by molar-refractivity contribution is 7.90. The molecule has 6 nitrogen and oxygen atoms in total. The van der Waals surface area contributed by atoms with E-state index in [4.69, 9.17) is 0 Å². The van der Waals surface area contributed by atoms with Crippen LogP contribution in [0.25, 0.3) is 21.3 Å². The minimum Gasteiger partial charge on any atom is -0.313 e. The number of fused-ring (bicyclic) bond motifs is 2. The van der Waals surface area contributed by atoms with Crippen LogP contribution in [0.1, 0.15) is 0 Å². The number of nitrogens with zero attached hydrogens (tertiary/aromatic N) is 3. The molecule has 0 atom stereocenters. The summed E-state index contributed by atoms with van der Waals surface area (Å²) in [6.45, 7) is 0. The first-order valence-corrected chi connectivity index (χ1v) is 9.92. The molecule has 4 rings (SSSR count). The highest BCUT2D eigenvalue weighted by Gasteiger charge is 2.13. The van der Waals surface area contributed by atoms with E-state index in [1.54, 1.807) is 18.2 Å². The van der Waals surface area contributed by atoms with Gasteiger partial charge in [0.2, 0.25) is 5.95 Å². The normalized spacial score (nSPS) is 12.1. The number of aromatic nitrogens is 3. The molecule has 0 aliphatic carbocycles. The number of nitrogens with one attached hydrogen (secondary N) is 1. The molecule has 2 aromatic heterocycles. The first-order valence-electron chi connectivity index (χ1n) is 7.21. The highest BCUT2D eigenvalue weighted by Crippen LogP contribution is 2.30. The van der Waals surface area contributed by atoms with Crippen molar-refractivity contribution in [2.75, 3.05) is 11.6 Å². The molecule has 0 radical (unpaired) electrons. The predicted octanol–water partition coefficient (Wildman–Crippen LogP) is 3.33. The van der Waals surface area contributed by atoms with Crippen molar-refractivity contribution in [2.24, 2.45) is 7.05 Å². The molecule has 2 aromatic carbocycles. The highest BCUT2D eigenvalue weighted by atomic mass is 32.2. The fourth-order valence-electron chi connectivity index (χ4n) is 2.54. The van der Waals surface area contributed by atoms with Gasteiger partial charge in [-0.15, -0.1) is 0 Å². The van der Waals surface area contributed by atoms with Gasteiger partial charge in [0.05, 0.1) is 26.1 Å². The molecular formula is C16H14N4O2S2. The van der Waals surface area contributed by atoms with Crippen LogP contribution in [0.4, 0.5) is 11.1 Å². The first-order chi connectivity index (χ1) is 11.4. The Hall–Kier alpha value is -2.45. The number of para-hydroxylation sites is 2. The van der Waals surface area contributed by atoms with Crippen molar-refractivity contribution in [2.45, 2.75) is 4.90 Å². The molecule has 24 heavy (non-hydrogen) atoms. The maximum Gasteiger partial charge on any atom is 0.209 e. The zero-order chi connectivity index (χ0) is 16.9. The van der Waals surface area contributed by atoms with Crippen molar-refractivity contribution in [1.82, 2.24) is 14.5 Å². The van der Waals surface area contributed by atoms with E-state index in [1.165, 1.54) is 17.6 Å². The van der Waals surface area contributed by atoms with Crippen molar-refractivity contribution < 1.29 is 8.42 Å². The van der Waals surface area contributed by atoms with Gasteiger partial charge >= 0.3 is 0 Å².